The fourth-order valence-corrected chi connectivity index (χ4v) is 4.19. The van der Waals surface area contributed by atoms with Crippen molar-refractivity contribution in [2.24, 2.45) is 0 Å². The molecule has 6 heteroatoms. The van der Waals surface area contributed by atoms with Gasteiger partial charge in [0.05, 0.1) is 34.0 Å². The van der Waals surface area contributed by atoms with Crippen molar-refractivity contribution < 1.29 is 19.1 Å². The van der Waals surface area contributed by atoms with Gasteiger partial charge in [0.15, 0.2) is 0 Å². The van der Waals surface area contributed by atoms with Crippen LogP contribution in [0.1, 0.15) is 87.3 Å². The highest BCUT2D eigenvalue weighted by Gasteiger charge is 2.42. The Balaban J connectivity index is 1.78. The molecule has 0 spiro atoms. The van der Waals surface area contributed by atoms with Gasteiger partial charge >= 0.3 is 5.97 Å². The zero-order chi connectivity index (χ0) is 24.6. The molecule has 0 saturated heterocycles. The molecule has 3 aromatic rings. The monoisotopic (exact) mass is 452 g/mol. The van der Waals surface area contributed by atoms with E-state index in [4.69, 9.17) is 10.00 Å². The summed E-state index contributed by atoms with van der Waals surface area (Å²) in [6.07, 6.45) is 0. The number of esters is 1. The Hall–Kier alpha value is -4.24. The fourth-order valence-electron chi connectivity index (χ4n) is 4.19. The number of para-hydroxylation sites is 1. The molecule has 0 N–H and O–H groups in total. The molecule has 0 fully saturated rings. The van der Waals surface area contributed by atoms with Gasteiger partial charge in [0.1, 0.15) is 5.75 Å². The number of nitrogens with zero attached hydrogens (tertiary/aromatic N) is 2. The smallest absolute Gasteiger partial charge is 0.344 e. The van der Waals surface area contributed by atoms with Crippen molar-refractivity contribution in [3.05, 3.63) is 94.0 Å². The molecular formula is C28H24N2O4. The third-order valence-corrected chi connectivity index (χ3v) is 5.89. The standard InChI is InChI=1S/C28H24N2O4/c1-16(2)20-7-5-8-21(17(3)4)25(20)30-26(31)22-9-6-10-23(24(22)27(30)32)28(33)34-19-13-11-18(15-29)12-14-19/h5-14,16-17H,1-4H3. The average Bonchev–Trinajstić information content (AvgIpc) is 3.08. The SMILES string of the molecule is CC(C)c1cccc(C(C)C)c1N1C(=O)c2cccc(C(=O)Oc3ccc(C#N)cc3)c2C1=O. The molecule has 4 rings (SSSR count). The van der Waals surface area contributed by atoms with E-state index in [1.54, 1.807) is 12.1 Å². The zero-order valence-electron chi connectivity index (χ0n) is 19.5. The highest BCUT2D eigenvalue weighted by molar-refractivity contribution is 6.36. The second kappa shape index (κ2) is 8.95. The van der Waals surface area contributed by atoms with Gasteiger partial charge in [-0.15, -0.1) is 0 Å². The van der Waals surface area contributed by atoms with Crippen LogP contribution in [0.15, 0.2) is 60.7 Å². The van der Waals surface area contributed by atoms with Gasteiger partial charge in [-0.05, 0) is 59.4 Å². The van der Waals surface area contributed by atoms with E-state index in [-0.39, 0.29) is 34.3 Å². The van der Waals surface area contributed by atoms with Crippen LogP contribution in [0.4, 0.5) is 5.69 Å². The van der Waals surface area contributed by atoms with Gasteiger partial charge in [-0.1, -0.05) is 52.0 Å². The molecule has 0 bridgehead atoms. The maximum absolute atomic E-state index is 13.7. The first-order chi connectivity index (χ1) is 16.2. The Morgan fingerprint density at radius 2 is 1.44 bits per heavy atom. The minimum atomic E-state index is -0.745. The fraction of sp³-hybridized carbons (Fsp3) is 0.214. The predicted molar refractivity (Wildman–Crippen MR) is 128 cm³/mol. The Labute approximate surface area is 198 Å². The number of anilines is 1. The second-order valence-corrected chi connectivity index (χ2v) is 8.79. The molecule has 1 aliphatic heterocycles. The summed E-state index contributed by atoms with van der Waals surface area (Å²) in [4.78, 5) is 41.4. The molecule has 0 radical (unpaired) electrons. The van der Waals surface area contributed by atoms with Gasteiger partial charge in [0, 0.05) is 0 Å². The minimum absolute atomic E-state index is 0.0239. The van der Waals surface area contributed by atoms with Crippen LogP contribution < -0.4 is 9.64 Å². The number of imide groups is 1. The van der Waals surface area contributed by atoms with E-state index in [1.165, 1.54) is 35.2 Å². The number of carbonyl (C=O) groups excluding carboxylic acids is 3. The number of ether oxygens (including phenoxy) is 1. The molecule has 1 heterocycles. The summed E-state index contributed by atoms with van der Waals surface area (Å²) in [6.45, 7) is 8.06. The van der Waals surface area contributed by atoms with E-state index in [9.17, 15) is 14.4 Å². The van der Waals surface area contributed by atoms with E-state index < -0.39 is 17.8 Å². The first-order valence-corrected chi connectivity index (χ1v) is 11.1. The third kappa shape index (κ3) is 3.86. The molecule has 0 aromatic heterocycles. The third-order valence-electron chi connectivity index (χ3n) is 5.89. The van der Waals surface area contributed by atoms with Crippen molar-refractivity contribution >= 4 is 23.5 Å². The lowest BCUT2D eigenvalue weighted by atomic mass is 9.92. The lowest BCUT2D eigenvalue weighted by molar-refractivity contribution is 0.0729. The summed E-state index contributed by atoms with van der Waals surface area (Å²) in [5, 5.41) is 8.94. The van der Waals surface area contributed by atoms with Crippen LogP contribution in [0, 0.1) is 11.3 Å². The van der Waals surface area contributed by atoms with E-state index >= 15 is 0 Å². The largest absolute Gasteiger partial charge is 0.423 e. The Kier molecular flexibility index (Phi) is 6.04. The first-order valence-electron chi connectivity index (χ1n) is 11.1. The van der Waals surface area contributed by atoms with Crippen LogP contribution in [-0.4, -0.2) is 17.8 Å². The number of benzene rings is 3. The topological polar surface area (TPSA) is 87.5 Å². The molecule has 1 aliphatic rings. The molecule has 2 amide bonds. The number of fused-ring (bicyclic) bond motifs is 1. The Morgan fingerprint density at radius 1 is 0.853 bits per heavy atom. The molecule has 34 heavy (non-hydrogen) atoms. The maximum atomic E-state index is 13.7. The van der Waals surface area contributed by atoms with Crippen molar-refractivity contribution in [3.63, 3.8) is 0 Å². The number of carbonyl (C=O) groups is 3. The van der Waals surface area contributed by atoms with Crippen LogP contribution in [0.25, 0.3) is 0 Å². The highest BCUT2D eigenvalue weighted by atomic mass is 16.5. The van der Waals surface area contributed by atoms with Crippen molar-refractivity contribution in [2.45, 2.75) is 39.5 Å². The van der Waals surface area contributed by atoms with Crippen LogP contribution in [-0.2, 0) is 0 Å². The van der Waals surface area contributed by atoms with Crippen molar-refractivity contribution in [3.8, 4) is 11.8 Å². The van der Waals surface area contributed by atoms with E-state index in [1.807, 2.05) is 52.0 Å². The zero-order valence-corrected chi connectivity index (χ0v) is 19.5. The molecule has 3 aromatic carbocycles. The van der Waals surface area contributed by atoms with Gasteiger partial charge in [0.25, 0.3) is 11.8 Å². The Morgan fingerprint density at radius 3 is 2.00 bits per heavy atom. The molecule has 170 valence electrons. The van der Waals surface area contributed by atoms with Gasteiger partial charge in [0.2, 0.25) is 0 Å². The predicted octanol–water partition coefficient (Wildman–Crippen LogP) is 5.82. The molecule has 0 saturated carbocycles. The Bertz CT molecular complexity index is 1320. The maximum Gasteiger partial charge on any atom is 0.344 e. The lowest BCUT2D eigenvalue weighted by Gasteiger charge is -2.25. The van der Waals surface area contributed by atoms with Crippen LogP contribution in [0.2, 0.25) is 0 Å². The summed E-state index contributed by atoms with van der Waals surface area (Å²) in [7, 11) is 0. The molecule has 0 aliphatic carbocycles. The lowest BCUT2D eigenvalue weighted by Crippen LogP contribution is -2.32. The summed E-state index contributed by atoms with van der Waals surface area (Å²) in [5.41, 5.74) is 3.04. The van der Waals surface area contributed by atoms with Gasteiger partial charge in [-0.2, -0.15) is 5.26 Å². The quantitative estimate of drug-likeness (QED) is 0.276. The number of hydrogen-bond donors (Lipinski definition) is 0. The van der Waals surface area contributed by atoms with Gasteiger partial charge < -0.3 is 4.74 Å². The summed E-state index contributed by atoms with van der Waals surface area (Å²) < 4.78 is 5.44. The number of rotatable bonds is 5. The van der Waals surface area contributed by atoms with Gasteiger partial charge in [-0.3, -0.25) is 9.59 Å². The molecule has 0 atom stereocenters. The molecule has 6 nitrogen and oxygen atoms in total. The van der Waals surface area contributed by atoms with E-state index in [0.29, 0.717) is 11.3 Å². The average molecular weight is 453 g/mol. The van der Waals surface area contributed by atoms with Crippen LogP contribution >= 0.6 is 0 Å². The van der Waals surface area contributed by atoms with E-state index in [2.05, 4.69) is 0 Å². The van der Waals surface area contributed by atoms with Gasteiger partial charge in [-0.25, -0.2) is 9.69 Å². The number of nitriles is 1. The van der Waals surface area contributed by atoms with Crippen LogP contribution in [0.5, 0.6) is 5.75 Å². The minimum Gasteiger partial charge on any atom is -0.423 e. The normalized spacial score (nSPS) is 12.8. The summed E-state index contributed by atoms with van der Waals surface area (Å²) >= 11 is 0. The summed E-state index contributed by atoms with van der Waals surface area (Å²) in [6, 6.07) is 18.5. The number of amides is 2. The summed E-state index contributed by atoms with van der Waals surface area (Å²) in [5.74, 6) is -1.34. The van der Waals surface area contributed by atoms with Crippen molar-refractivity contribution in [1.29, 1.82) is 5.26 Å². The number of hydrogen-bond acceptors (Lipinski definition) is 5. The van der Waals surface area contributed by atoms with E-state index in [0.717, 1.165) is 11.1 Å². The van der Waals surface area contributed by atoms with Crippen LogP contribution in [0.3, 0.4) is 0 Å². The second-order valence-electron chi connectivity index (χ2n) is 8.79. The van der Waals surface area contributed by atoms with Crippen molar-refractivity contribution in [1.82, 2.24) is 0 Å². The first kappa shape index (κ1) is 22.9. The molecule has 0 unspecified atom stereocenters. The molecular weight excluding hydrogens is 428 g/mol. The highest BCUT2D eigenvalue weighted by Crippen LogP contribution is 2.40. The van der Waals surface area contributed by atoms with Crippen molar-refractivity contribution in [2.75, 3.05) is 4.90 Å².